The van der Waals surface area contributed by atoms with E-state index in [1.54, 1.807) is 25.3 Å². The summed E-state index contributed by atoms with van der Waals surface area (Å²) in [6.07, 6.45) is 5.72. The molecule has 2 rings (SSSR count). The summed E-state index contributed by atoms with van der Waals surface area (Å²) in [7, 11) is 0. The Kier molecular flexibility index (Phi) is 12.3. The van der Waals surface area contributed by atoms with E-state index in [4.69, 9.17) is 11.5 Å². The Morgan fingerprint density at radius 1 is 1.10 bits per heavy atom. The molecule has 7 nitrogen and oxygen atoms in total. The summed E-state index contributed by atoms with van der Waals surface area (Å²) in [6, 6.07) is 11.8. The van der Waals surface area contributed by atoms with E-state index in [2.05, 4.69) is 15.6 Å². The van der Waals surface area contributed by atoms with E-state index < -0.39 is 12.1 Å². The molecular weight excluding hydrogens is 413 g/mol. The fourth-order valence-corrected chi connectivity index (χ4v) is 2.29. The third-order valence-electron chi connectivity index (χ3n) is 3.90. The van der Waals surface area contributed by atoms with Gasteiger partial charge in [0.2, 0.25) is 11.8 Å². The summed E-state index contributed by atoms with van der Waals surface area (Å²) >= 11 is 0. The summed E-state index contributed by atoms with van der Waals surface area (Å²) in [6.45, 7) is 1.92. The second-order valence-corrected chi connectivity index (χ2v) is 6.19. The van der Waals surface area contributed by atoms with Gasteiger partial charge in [-0.15, -0.1) is 24.8 Å². The van der Waals surface area contributed by atoms with Crippen molar-refractivity contribution in [1.82, 2.24) is 15.6 Å². The molecule has 0 saturated carbocycles. The van der Waals surface area contributed by atoms with E-state index >= 15 is 0 Å². The maximum atomic E-state index is 12.1. The molecule has 2 amide bonds. The number of benzene rings is 1. The lowest BCUT2D eigenvalue weighted by Gasteiger charge is -2.16. The molecule has 1 unspecified atom stereocenters. The topological polar surface area (TPSA) is 123 Å². The van der Waals surface area contributed by atoms with Crippen LogP contribution in [0.4, 0.5) is 5.82 Å². The van der Waals surface area contributed by atoms with Crippen LogP contribution in [-0.4, -0.2) is 28.9 Å². The van der Waals surface area contributed by atoms with Gasteiger partial charge in [0.15, 0.2) is 0 Å². The monoisotopic (exact) mass is 439 g/mol. The van der Waals surface area contributed by atoms with E-state index in [0.717, 1.165) is 11.1 Å². The van der Waals surface area contributed by atoms with E-state index in [9.17, 15) is 9.59 Å². The predicted molar refractivity (Wildman–Crippen MR) is 121 cm³/mol. The van der Waals surface area contributed by atoms with Gasteiger partial charge in [-0.05, 0) is 30.5 Å². The third kappa shape index (κ3) is 9.43. The lowest BCUT2D eigenvalue weighted by molar-refractivity contribution is -0.129. The van der Waals surface area contributed by atoms with Gasteiger partial charge < -0.3 is 22.1 Å². The van der Waals surface area contributed by atoms with Crippen molar-refractivity contribution in [2.24, 2.45) is 5.73 Å². The Morgan fingerprint density at radius 2 is 1.79 bits per heavy atom. The first-order valence-corrected chi connectivity index (χ1v) is 8.71. The van der Waals surface area contributed by atoms with Gasteiger partial charge in [-0.2, -0.15) is 0 Å². The van der Waals surface area contributed by atoms with Gasteiger partial charge in [-0.1, -0.05) is 48.6 Å². The second kappa shape index (κ2) is 13.5. The van der Waals surface area contributed by atoms with Crippen LogP contribution in [0, 0.1) is 0 Å². The highest BCUT2D eigenvalue weighted by Crippen LogP contribution is 2.03. The number of hydrogen-bond acceptors (Lipinski definition) is 5. The van der Waals surface area contributed by atoms with Crippen LogP contribution in [0.25, 0.3) is 6.08 Å². The summed E-state index contributed by atoms with van der Waals surface area (Å²) in [4.78, 5) is 28.2. The molecule has 0 aliphatic rings. The van der Waals surface area contributed by atoms with Crippen LogP contribution in [0.1, 0.15) is 24.5 Å². The van der Waals surface area contributed by atoms with E-state index in [1.807, 2.05) is 42.5 Å². The second-order valence-electron chi connectivity index (χ2n) is 6.19. The zero-order valence-electron chi connectivity index (χ0n) is 16.1. The number of anilines is 1. The highest BCUT2D eigenvalue weighted by molar-refractivity contribution is 5.89. The Balaban J connectivity index is 0.00000392. The minimum absolute atomic E-state index is 0. The molecule has 2 atom stereocenters. The predicted octanol–water partition coefficient (Wildman–Crippen LogP) is 2.06. The van der Waals surface area contributed by atoms with Crippen LogP contribution >= 0.6 is 24.8 Å². The number of rotatable bonds is 8. The molecule has 0 aliphatic carbocycles. The number of halogens is 2. The maximum absolute atomic E-state index is 12.1. The third-order valence-corrected chi connectivity index (χ3v) is 3.90. The van der Waals surface area contributed by atoms with Gasteiger partial charge in [-0.3, -0.25) is 9.59 Å². The average molecular weight is 440 g/mol. The van der Waals surface area contributed by atoms with Crippen LogP contribution in [0.2, 0.25) is 0 Å². The fraction of sp³-hybridized carbons (Fsp3) is 0.250. The van der Waals surface area contributed by atoms with Crippen molar-refractivity contribution in [3.8, 4) is 0 Å². The van der Waals surface area contributed by atoms with Gasteiger partial charge in [-0.25, -0.2) is 4.98 Å². The molecule has 2 aromatic rings. The quantitative estimate of drug-likeness (QED) is 0.501. The van der Waals surface area contributed by atoms with E-state index in [-0.39, 0.29) is 36.6 Å². The van der Waals surface area contributed by atoms with Gasteiger partial charge >= 0.3 is 0 Å². The Morgan fingerprint density at radius 3 is 2.41 bits per heavy atom. The number of carbonyl (C=O) groups is 2. The number of pyridine rings is 1. The Bertz CT molecular complexity index is 785. The highest BCUT2D eigenvalue weighted by atomic mass is 35.5. The molecular formula is C20H27Cl2N5O2. The van der Waals surface area contributed by atoms with Crippen molar-refractivity contribution in [1.29, 1.82) is 0 Å². The van der Waals surface area contributed by atoms with Crippen LogP contribution in [0.5, 0.6) is 0 Å². The van der Waals surface area contributed by atoms with Gasteiger partial charge in [0.05, 0.1) is 6.04 Å². The zero-order chi connectivity index (χ0) is 19.6. The van der Waals surface area contributed by atoms with Gasteiger partial charge in [0.1, 0.15) is 11.9 Å². The van der Waals surface area contributed by atoms with E-state index in [1.165, 1.54) is 0 Å². The average Bonchev–Trinajstić information content (AvgIpc) is 2.67. The molecule has 158 valence electrons. The molecule has 0 fully saturated rings. The molecule has 1 heterocycles. The molecule has 1 aromatic carbocycles. The molecule has 29 heavy (non-hydrogen) atoms. The standard InChI is InChI=1S/C20H25N5O2.2ClH/c1-14(19(26)24-13-16-10-11-18(22)23-12-16)25-20(27)17(21)9-5-8-15-6-3-2-4-7-15;;/h2-8,10-12,14,17H,9,13,21H2,1H3,(H2,22,23)(H,24,26)(H,25,27);2*1H/b8-5+;;/t14-,17?;;/m0../s1. The lowest BCUT2D eigenvalue weighted by Crippen LogP contribution is -2.50. The molecule has 0 spiro atoms. The van der Waals surface area contributed by atoms with Crippen molar-refractivity contribution in [2.45, 2.75) is 32.0 Å². The molecule has 0 radical (unpaired) electrons. The Labute approximate surface area is 183 Å². The smallest absolute Gasteiger partial charge is 0.242 e. The minimum Gasteiger partial charge on any atom is -0.384 e. The summed E-state index contributed by atoms with van der Waals surface area (Å²) in [5, 5.41) is 5.37. The number of nitrogens with zero attached hydrogens (tertiary/aromatic N) is 1. The molecule has 0 aliphatic heterocycles. The largest absolute Gasteiger partial charge is 0.384 e. The first kappa shape index (κ1) is 26.4. The van der Waals surface area contributed by atoms with E-state index in [0.29, 0.717) is 18.8 Å². The van der Waals surface area contributed by atoms with Crippen LogP contribution in [0.15, 0.2) is 54.7 Å². The van der Waals surface area contributed by atoms with Gasteiger partial charge in [0.25, 0.3) is 0 Å². The number of carbonyl (C=O) groups excluding carboxylic acids is 2. The highest BCUT2D eigenvalue weighted by Gasteiger charge is 2.19. The summed E-state index contributed by atoms with van der Waals surface area (Å²) in [5.41, 5.74) is 13.3. The molecule has 0 saturated heterocycles. The van der Waals surface area contributed by atoms with Crippen LogP contribution in [0.3, 0.4) is 0 Å². The number of nitrogens with one attached hydrogen (secondary N) is 2. The first-order valence-electron chi connectivity index (χ1n) is 8.71. The number of nitrogens with two attached hydrogens (primary N) is 2. The number of aromatic nitrogens is 1. The van der Waals surface area contributed by atoms with Crippen LogP contribution in [-0.2, 0) is 16.1 Å². The number of amides is 2. The molecule has 6 N–H and O–H groups in total. The molecule has 0 bridgehead atoms. The van der Waals surface area contributed by atoms with Crippen LogP contribution < -0.4 is 22.1 Å². The van der Waals surface area contributed by atoms with Crippen molar-refractivity contribution in [3.63, 3.8) is 0 Å². The number of nitrogen functional groups attached to an aromatic ring is 1. The Hall–Kier alpha value is -2.61. The normalized spacial score (nSPS) is 12.2. The fourth-order valence-electron chi connectivity index (χ4n) is 2.29. The lowest BCUT2D eigenvalue weighted by atomic mass is 10.1. The maximum Gasteiger partial charge on any atom is 0.242 e. The summed E-state index contributed by atoms with van der Waals surface area (Å²) in [5.74, 6) is -0.252. The van der Waals surface area contributed by atoms with Crippen molar-refractivity contribution in [2.75, 3.05) is 5.73 Å². The van der Waals surface area contributed by atoms with Crippen molar-refractivity contribution >= 4 is 48.5 Å². The number of hydrogen-bond donors (Lipinski definition) is 4. The minimum atomic E-state index is -0.721. The molecule has 9 heteroatoms. The summed E-state index contributed by atoms with van der Waals surface area (Å²) < 4.78 is 0. The zero-order valence-corrected chi connectivity index (χ0v) is 17.7. The van der Waals surface area contributed by atoms with Crippen molar-refractivity contribution in [3.05, 3.63) is 65.9 Å². The SMILES string of the molecule is C[C@H](NC(=O)C(N)C/C=C/c1ccccc1)C(=O)NCc1ccc(N)nc1.Cl.Cl. The first-order chi connectivity index (χ1) is 13.0. The van der Waals surface area contributed by atoms with Gasteiger partial charge in [0, 0.05) is 12.7 Å². The van der Waals surface area contributed by atoms with Crippen molar-refractivity contribution < 1.29 is 9.59 Å². The molecule has 1 aromatic heterocycles.